The Bertz CT molecular complexity index is 306. The maximum atomic E-state index is 11.7. The summed E-state index contributed by atoms with van der Waals surface area (Å²) in [5, 5.41) is 3.34. The molecule has 1 N–H and O–H groups in total. The van der Waals surface area contributed by atoms with Gasteiger partial charge >= 0.3 is 0 Å². The van der Waals surface area contributed by atoms with E-state index in [-0.39, 0.29) is 5.91 Å². The Balaban J connectivity index is 1.95. The molecule has 1 aromatic rings. The average molecular weight is 207 g/mol. The van der Waals surface area contributed by atoms with E-state index in [1.807, 2.05) is 42.1 Å². The molecule has 0 spiro atoms. The Hall–Kier alpha value is -0.960. The fourth-order valence-electron chi connectivity index (χ4n) is 1.51. The Kier molecular flexibility index (Phi) is 3.09. The third-order valence-electron chi connectivity index (χ3n) is 2.26. The lowest BCUT2D eigenvalue weighted by Gasteiger charge is -2.10. The number of thioether (sulfide) groups is 1. The van der Waals surface area contributed by atoms with Crippen molar-refractivity contribution < 1.29 is 4.79 Å². The third kappa shape index (κ3) is 2.29. The number of hydrogen-bond acceptors (Lipinski definition) is 2. The van der Waals surface area contributed by atoms with Crippen molar-refractivity contribution in [2.24, 2.45) is 0 Å². The standard InChI is InChI=1S/C11H13NOS/c13-11(9-5-2-1-3-6-9)12-10-7-4-8-14-10/h1-3,5-6,10H,4,7-8H2,(H,12,13)/t10-/m0/s1. The topological polar surface area (TPSA) is 29.1 Å². The molecule has 1 aromatic carbocycles. The molecule has 14 heavy (non-hydrogen) atoms. The molecule has 0 unspecified atom stereocenters. The van der Waals surface area contributed by atoms with Crippen LogP contribution in [-0.4, -0.2) is 17.0 Å². The summed E-state index contributed by atoms with van der Waals surface area (Å²) in [6.45, 7) is 0. The van der Waals surface area contributed by atoms with Crippen molar-refractivity contribution in [3.8, 4) is 0 Å². The lowest BCUT2D eigenvalue weighted by molar-refractivity contribution is 0.0949. The predicted octanol–water partition coefficient (Wildman–Crippen LogP) is 2.27. The van der Waals surface area contributed by atoms with Crippen LogP contribution in [0.4, 0.5) is 0 Å². The van der Waals surface area contributed by atoms with Crippen LogP contribution in [0.25, 0.3) is 0 Å². The Morgan fingerprint density at radius 2 is 2.14 bits per heavy atom. The molecule has 1 fully saturated rings. The molecule has 1 saturated heterocycles. The fourth-order valence-corrected chi connectivity index (χ4v) is 2.65. The first-order valence-electron chi connectivity index (χ1n) is 4.84. The van der Waals surface area contributed by atoms with E-state index < -0.39 is 0 Å². The molecule has 74 valence electrons. The molecule has 2 nitrogen and oxygen atoms in total. The van der Waals surface area contributed by atoms with Gasteiger partial charge in [-0.1, -0.05) is 18.2 Å². The second kappa shape index (κ2) is 4.51. The summed E-state index contributed by atoms with van der Waals surface area (Å²) in [5.41, 5.74) is 0.750. The maximum Gasteiger partial charge on any atom is 0.252 e. The monoisotopic (exact) mass is 207 g/mol. The van der Waals surface area contributed by atoms with E-state index in [9.17, 15) is 4.79 Å². The number of rotatable bonds is 2. The molecule has 0 bridgehead atoms. The number of benzene rings is 1. The van der Waals surface area contributed by atoms with Crippen molar-refractivity contribution in [2.45, 2.75) is 18.2 Å². The van der Waals surface area contributed by atoms with E-state index in [2.05, 4.69) is 5.32 Å². The SMILES string of the molecule is O=C(N[C@@H]1CCCS1)c1ccccc1. The van der Waals surface area contributed by atoms with Gasteiger partial charge in [-0.05, 0) is 30.7 Å². The second-order valence-corrected chi connectivity index (χ2v) is 4.65. The highest BCUT2D eigenvalue weighted by atomic mass is 32.2. The Morgan fingerprint density at radius 1 is 1.36 bits per heavy atom. The molecule has 3 heteroatoms. The summed E-state index contributed by atoms with van der Waals surface area (Å²) in [6, 6.07) is 9.37. The largest absolute Gasteiger partial charge is 0.340 e. The molecule has 1 aliphatic heterocycles. The number of carbonyl (C=O) groups is 1. The molecule has 1 heterocycles. The molecule has 1 atom stereocenters. The summed E-state index contributed by atoms with van der Waals surface area (Å²) in [6.07, 6.45) is 2.31. The van der Waals surface area contributed by atoms with Crippen LogP contribution in [0.5, 0.6) is 0 Å². The van der Waals surface area contributed by atoms with Gasteiger partial charge in [0.2, 0.25) is 0 Å². The minimum atomic E-state index is 0.0463. The van der Waals surface area contributed by atoms with Gasteiger partial charge < -0.3 is 5.32 Å². The van der Waals surface area contributed by atoms with E-state index in [0.717, 1.165) is 12.0 Å². The zero-order chi connectivity index (χ0) is 9.80. The zero-order valence-electron chi connectivity index (χ0n) is 7.90. The molecule has 2 rings (SSSR count). The number of carbonyl (C=O) groups excluding carboxylic acids is 1. The Labute approximate surface area is 88.1 Å². The predicted molar refractivity (Wildman–Crippen MR) is 59.4 cm³/mol. The minimum Gasteiger partial charge on any atom is -0.340 e. The minimum absolute atomic E-state index is 0.0463. The normalized spacial score (nSPS) is 20.7. The van der Waals surface area contributed by atoms with Gasteiger partial charge in [-0.2, -0.15) is 0 Å². The molecular weight excluding hydrogens is 194 g/mol. The van der Waals surface area contributed by atoms with Crippen LogP contribution in [-0.2, 0) is 0 Å². The molecule has 1 aliphatic rings. The van der Waals surface area contributed by atoms with Gasteiger partial charge in [-0.25, -0.2) is 0 Å². The molecule has 0 aromatic heterocycles. The average Bonchev–Trinajstić information content (AvgIpc) is 2.72. The summed E-state index contributed by atoms with van der Waals surface area (Å²) in [5.74, 6) is 1.21. The van der Waals surface area contributed by atoms with Crippen LogP contribution in [0.2, 0.25) is 0 Å². The van der Waals surface area contributed by atoms with Crippen molar-refractivity contribution in [3.63, 3.8) is 0 Å². The van der Waals surface area contributed by atoms with Gasteiger partial charge in [0.05, 0.1) is 5.37 Å². The van der Waals surface area contributed by atoms with Crippen molar-refractivity contribution >= 4 is 17.7 Å². The number of amides is 1. The van der Waals surface area contributed by atoms with Crippen molar-refractivity contribution in [3.05, 3.63) is 35.9 Å². The lowest BCUT2D eigenvalue weighted by Crippen LogP contribution is -2.30. The summed E-state index contributed by atoms with van der Waals surface area (Å²) in [7, 11) is 0. The van der Waals surface area contributed by atoms with Crippen LogP contribution >= 0.6 is 11.8 Å². The van der Waals surface area contributed by atoms with Gasteiger partial charge in [0.1, 0.15) is 0 Å². The lowest BCUT2D eigenvalue weighted by atomic mass is 10.2. The van der Waals surface area contributed by atoms with Gasteiger partial charge in [0, 0.05) is 5.56 Å². The fraction of sp³-hybridized carbons (Fsp3) is 0.364. The van der Waals surface area contributed by atoms with Crippen LogP contribution in [0, 0.1) is 0 Å². The van der Waals surface area contributed by atoms with Crippen molar-refractivity contribution in [2.75, 3.05) is 5.75 Å². The summed E-state index contributed by atoms with van der Waals surface area (Å²) in [4.78, 5) is 11.7. The highest BCUT2D eigenvalue weighted by Gasteiger charge is 2.17. The van der Waals surface area contributed by atoms with Crippen LogP contribution in [0.3, 0.4) is 0 Å². The number of nitrogens with one attached hydrogen (secondary N) is 1. The van der Waals surface area contributed by atoms with E-state index in [1.165, 1.54) is 12.2 Å². The summed E-state index contributed by atoms with van der Waals surface area (Å²) >= 11 is 1.83. The molecule has 1 amide bonds. The quantitative estimate of drug-likeness (QED) is 0.806. The molecule has 0 aliphatic carbocycles. The second-order valence-electron chi connectivity index (χ2n) is 3.34. The highest BCUT2D eigenvalue weighted by molar-refractivity contribution is 8.00. The number of hydrogen-bond donors (Lipinski definition) is 1. The van der Waals surface area contributed by atoms with Crippen LogP contribution < -0.4 is 5.32 Å². The molecule has 0 saturated carbocycles. The van der Waals surface area contributed by atoms with Crippen molar-refractivity contribution in [1.29, 1.82) is 0 Å². The van der Waals surface area contributed by atoms with Crippen molar-refractivity contribution in [1.82, 2.24) is 5.32 Å². The van der Waals surface area contributed by atoms with Gasteiger partial charge in [0.15, 0.2) is 0 Å². The van der Waals surface area contributed by atoms with Gasteiger partial charge in [0.25, 0.3) is 5.91 Å². The third-order valence-corrected chi connectivity index (χ3v) is 3.54. The van der Waals surface area contributed by atoms with Gasteiger partial charge in [-0.3, -0.25) is 4.79 Å². The van der Waals surface area contributed by atoms with E-state index in [1.54, 1.807) is 0 Å². The molecule has 0 radical (unpaired) electrons. The van der Waals surface area contributed by atoms with Gasteiger partial charge in [-0.15, -0.1) is 11.8 Å². The van der Waals surface area contributed by atoms with E-state index in [4.69, 9.17) is 0 Å². The van der Waals surface area contributed by atoms with E-state index in [0.29, 0.717) is 5.37 Å². The first-order chi connectivity index (χ1) is 6.86. The summed E-state index contributed by atoms with van der Waals surface area (Å²) < 4.78 is 0. The van der Waals surface area contributed by atoms with Crippen LogP contribution in [0.1, 0.15) is 23.2 Å². The maximum absolute atomic E-state index is 11.7. The smallest absolute Gasteiger partial charge is 0.252 e. The zero-order valence-corrected chi connectivity index (χ0v) is 8.72. The highest BCUT2D eigenvalue weighted by Crippen LogP contribution is 2.23. The first kappa shape index (κ1) is 9.59. The molecular formula is C11H13NOS. The van der Waals surface area contributed by atoms with E-state index >= 15 is 0 Å². The Morgan fingerprint density at radius 3 is 2.79 bits per heavy atom. The van der Waals surface area contributed by atoms with Crippen LogP contribution in [0.15, 0.2) is 30.3 Å². The first-order valence-corrected chi connectivity index (χ1v) is 5.88.